The zero-order valence-electron chi connectivity index (χ0n) is 16.5. The summed E-state index contributed by atoms with van der Waals surface area (Å²) in [6.07, 6.45) is 3.46. The van der Waals surface area contributed by atoms with Gasteiger partial charge in [0.15, 0.2) is 12.4 Å². The second-order valence-electron chi connectivity index (χ2n) is 7.14. The van der Waals surface area contributed by atoms with Crippen molar-refractivity contribution in [3.8, 4) is 5.75 Å². The fourth-order valence-electron chi connectivity index (χ4n) is 3.35. The minimum Gasteiger partial charge on any atom is -0.507 e. The van der Waals surface area contributed by atoms with Gasteiger partial charge in [-0.05, 0) is 24.3 Å². The summed E-state index contributed by atoms with van der Waals surface area (Å²) in [5.74, 6) is -1.15. The number of likely N-dealkylation sites (N-methyl/N-ethyl adjacent to an activating group) is 1. The van der Waals surface area contributed by atoms with Crippen molar-refractivity contribution in [1.29, 1.82) is 0 Å². The molecule has 1 amide bonds. The van der Waals surface area contributed by atoms with Crippen molar-refractivity contribution < 1.29 is 29.3 Å². The number of amides is 1. The minimum absolute atomic E-state index is 0.0459. The molecule has 0 aliphatic carbocycles. The number of benzene rings is 1. The number of ketones is 1. The molecule has 1 unspecified atom stereocenters. The average Bonchev–Trinajstić information content (AvgIpc) is 2.97. The molecule has 0 bridgehead atoms. The van der Waals surface area contributed by atoms with Crippen LogP contribution in [-0.2, 0) is 9.59 Å². The number of aliphatic hydroxyl groups is 1. The van der Waals surface area contributed by atoms with Gasteiger partial charge in [-0.3, -0.25) is 9.59 Å². The second kappa shape index (κ2) is 8.63. The van der Waals surface area contributed by atoms with E-state index in [0.717, 1.165) is 4.90 Å². The summed E-state index contributed by atoms with van der Waals surface area (Å²) < 4.78 is 5.14. The Morgan fingerprint density at radius 1 is 1.31 bits per heavy atom. The highest BCUT2D eigenvalue weighted by atomic mass is 35.5. The fourth-order valence-corrected chi connectivity index (χ4v) is 3.61. The van der Waals surface area contributed by atoms with E-state index in [1.165, 1.54) is 18.1 Å². The number of aromatic amines is 1. The number of nitrogens with one attached hydrogen (secondary N) is 2. The van der Waals surface area contributed by atoms with Crippen molar-refractivity contribution >= 4 is 29.1 Å². The molecule has 7 nitrogen and oxygen atoms in total. The van der Waals surface area contributed by atoms with Crippen LogP contribution in [-0.4, -0.2) is 56.0 Å². The molecule has 1 atom stereocenters. The lowest BCUT2D eigenvalue weighted by Crippen LogP contribution is -3.06. The lowest BCUT2D eigenvalue weighted by atomic mass is 9.96. The fraction of sp³-hybridized carbons (Fsp3) is 0.286. The number of likely N-dealkylation sites (tertiary alicyclic amines) is 1. The number of nitrogens with zero attached hydrogens (tertiary/aromatic N) is 1. The lowest BCUT2D eigenvalue weighted by molar-refractivity contribution is -0.857. The van der Waals surface area contributed by atoms with Gasteiger partial charge in [0.25, 0.3) is 11.7 Å². The molecule has 1 aromatic heterocycles. The van der Waals surface area contributed by atoms with Gasteiger partial charge in [0.2, 0.25) is 0 Å². The molecule has 0 spiro atoms. The Labute approximate surface area is 174 Å². The molecule has 3 rings (SSSR count). The lowest BCUT2D eigenvalue weighted by Gasteiger charge is -2.24. The van der Waals surface area contributed by atoms with E-state index >= 15 is 0 Å². The van der Waals surface area contributed by atoms with E-state index in [1.54, 1.807) is 30.6 Å². The number of quaternary nitrogens is 1. The quantitative estimate of drug-likeness (QED) is 0.412. The summed E-state index contributed by atoms with van der Waals surface area (Å²) in [7, 11) is 5.44. The number of rotatable bonds is 6. The highest BCUT2D eigenvalue weighted by molar-refractivity contribution is 6.46. The molecule has 29 heavy (non-hydrogen) atoms. The van der Waals surface area contributed by atoms with Gasteiger partial charge in [-0.25, -0.2) is 4.98 Å². The molecule has 2 aromatic rings. The molecule has 1 saturated heterocycles. The maximum Gasteiger partial charge on any atom is 0.295 e. The summed E-state index contributed by atoms with van der Waals surface area (Å²) in [4.78, 5) is 31.3. The Morgan fingerprint density at radius 2 is 2.07 bits per heavy atom. The summed E-state index contributed by atoms with van der Waals surface area (Å²) in [5, 5.41) is 11.3. The molecular weight excluding hydrogens is 394 g/mol. The number of methoxy groups -OCH3 is 1. The van der Waals surface area contributed by atoms with E-state index in [0.29, 0.717) is 35.0 Å². The van der Waals surface area contributed by atoms with E-state index in [9.17, 15) is 14.7 Å². The Bertz CT molecular complexity index is 960. The highest BCUT2D eigenvalue weighted by Crippen LogP contribution is 2.39. The number of hydrogen-bond donors (Lipinski definition) is 2. The first-order valence-electron chi connectivity index (χ1n) is 9.22. The largest absolute Gasteiger partial charge is 0.507 e. The third-order valence-electron chi connectivity index (χ3n) is 4.86. The molecule has 2 heterocycles. The normalized spacial score (nSPS) is 18.5. The molecule has 0 radical (unpaired) electrons. The predicted molar refractivity (Wildman–Crippen MR) is 108 cm³/mol. The second-order valence-corrected chi connectivity index (χ2v) is 7.54. The first-order valence-corrected chi connectivity index (χ1v) is 9.60. The molecule has 1 aliphatic heterocycles. The topological polar surface area (TPSA) is 85.4 Å². The molecular formula is C21H24ClN3O4+2. The van der Waals surface area contributed by atoms with Crippen LogP contribution in [0.15, 0.2) is 48.3 Å². The van der Waals surface area contributed by atoms with Crippen LogP contribution in [0.3, 0.4) is 0 Å². The molecule has 1 fully saturated rings. The number of ether oxygens (including phenoxy) is 1. The summed E-state index contributed by atoms with van der Waals surface area (Å²) >= 11 is 6.18. The van der Waals surface area contributed by atoms with Gasteiger partial charge >= 0.3 is 0 Å². The summed E-state index contributed by atoms with van der Waals surface area (Å²) in [5.41, 5.74) is 1.10. The molecule has 0 saturated carbocycles. The maximum atomic E-state index is 12.9. The number of carbonyl (C=O) groups excluding carboxylic acids is 2. The number of halogens is 1. The van der Waals surface area contributed by atoms with Gasteiger partial charge in [0, 0.05) is 17.2 Å². The van der Waals surface area contributed by atoms with E-state index in [4.69, 9.17) is 16.3 Å². The van der Waals surface area contributed by atoms with Crippen LogP contribution >= 0.6 is 11.6 Å². The van der Waals surface area contributed by atoms with Crippen molar-refractivity contribution in [3.05, 3.63) is 64.4 Å². The van der Waals surface area contributed by atoms with Crippen molar-refractivity contribution in [2.75, 3.05) is 34.3 Å². The third-order valence-corrected chi connectivity index (χ3v) is 5.16. The monoisotopic (exact) mass is 417 g/mol. The van der Waals surface area contributed by atoms with Crippen LogP contribution in [0.25, 0.3) is 5.76 Å². The zero-order valence-corrected chi connectivity index (χ0v) is 17.3. The van der Waals surface area contributed by atoms with Crippen LogP contribution in [0, 0.1) is 0 Å². The number of hydrogen-bond acceptors (Lipinski definition) is 4. The third kappa shape index (κ3) is 4.11. The number of pyridine rings is 1. The maximum absolute atomic E-state index is 12.9. The number of Topliss-reactive ketones (excluding diaryl/α,β-unsaturated/α-hetero) is 1. The number of H-pyrrole nitrogens is 1. The van der Waals surface area contributed by atoms with E-state index in [-0.39, 0.29) is 11.3 Å². The van der Waals surface area contributed by atoms with Gasteiger partial charge < -0.3 is 19.6 Å². The predicted octanol–water partition coefficient (Wildman–Crippen LogP) is 0.729. The van der Waals surface area contributed by atoms with Crippen LogP contribution in [0.4, 0.5) is 0 Å². The van der Waals surface area contributed by atoms with Gasteiger partial charge in [0.1, 0.15) is 11.5 Å². The first kappa shape index (κ1) is 20.8. The summed E-state index contributed by atoms with van der Waals surface area (Å²) in [6, 6.07) is 7.64. The highest BCUT2D eigenvalue weighted by Gasteiger charge is 2.46. The zero-order chi connectivity index (χ0) is 21.1. The number of carbonyl (C=O) groups is 2. The number of aliphatic hydroxyl groups excluding tert-OH is 1. The van der Waals surface area contributed by atoms with Crippen molar-refractivity contribution in [2.24, 2.45) is 0 Å². The van der Waals surface area contributed by atoms with Crippen LogP contribution < -0.4 is 14.6 Å². The minimum atomic E-state index is -0.711. The molecule has 152 valence electrons. The van der Waals surface area contributed by atoms with Gasteiger partial charge in [-0.2, -0.15) is 0 Å². The van der Waals surface area contributed by atoms with Crippen LogP contribution in [0.5, 0.6) is 5.75 Å². The Hall–Kier alpha value is -2.90. The Kier molecular flexibility index (Phi) is 6.20. The van der Waals surface area contributed by atoms with E-state index in [1.807, 2.05) is 20.2 Å². The van der Waals surface area contributed by atoms with E-state index < -0.39 is 17.7 Å². The molecule has 1 aliphatic rings. The Morgan fingerprint density at radius 3 is 2.66 bits per heavy atom. The Balaban J connectivity index is 2.13. The molecule has 1 aromatic carbocycles. The standard InChI is InChI=1S/C21H22ClN3O4/c1-24(2)9-10-25-18(14-5-4-8-23-12-14)17(20(27)21(25)28)19(26)13-6-7-16(29-3)15(22)11-13/h4-8,11-12,18,26H,9-10H2,1-3H3/p+2. The van der Waals surface area contributed by atoms with Gasteiger partial charge in [-0.15, -0.1) is 0 Å². The van der Waals surface area contributed by atoms with Crippen LogP contribution in [0.1, 0.15) is 17.2 Å². The van der Waals surface area contributed by atoms with Crippen molar-refractivity contribution in [3.63, 3.8) is 0 Å². The molecule has 8 heteroatoms. The van der Waals surface area contributed by atoms with E-state index in [2.05, 4.69) is 4.98 Å². The van der Waals surface area contributed by atoms with Crippen molar-refractivity contribution in [1.82, 2.24) is 4.90 Å². The summed E-state index contributed by atoms with van der Waals surface area (Å²) in [6.45, 7) is 1.04. The average molecular weight is 418 g/mol. The smallest absolute Gasteiger partial charge is 0.295 e. The van der Waals surface area contributed by atoms with Crippen molar-refractivity contribution in [2.45, 2.75) is 6.04 Å². The van der Waals surface area contributed by atoms with Gasteiger partial charge in [-0.1, -0.05) is 11.6 Å². The number of aromatic nitrogens is 1. The van der Waals surface area contributed by atoms with Gasteiger partial charge in [0.05, 0.1) is 50.9 Å². The molecule has 3 N–H and O–H groups in total. The SMILES string of the molecule is COc1ccc(C(O)=C2C(=O)C(=O)N(CC[NH+](C)C)C2c2ccc[nH+]c2)cc1Cl. The first-order chi connectivity index (χ1) is 13.8. The van der Waals surface area contributed by atoms with Crippen LogP contribution in [0.2, 0.25) is 5.02 Å².